The van der Waals surface area contributed by atoms with Crippen LogP contribution in [0.25, 0.3) is 0 Å². The molecule has 0 aliphatic carbocycles. The summed E-state index contributed by atoms with van der Waals surface area (Å²) < 4.78 is 5.56. The van der Waals surface area contributed by atoms with E-state index < -0.39 is 0 Å². The molecule has 0 saturated carbocycles. The van der Waals surface area contributed by atoms with Crippen molar-refractivity contribution in [3.05, 3.63) is 29.8 Å². The molecule has 0 aromatic heterocycles. The van der Waals surface area contributed by atoms with Gasteiger partial charge in [0.15, 0.2) is 0 Å². The lowest BCUT2D eigenvalue weighted by atomic mass is 10.2. The van der Waals surface area contributed by atoms with Crippen LogP contribution in [0.1, 0.15) is 19.4 Å². The van der Waals surface area contributed by atoms with Crippen LogP contribution >= 0.6 is 11.8 Å². The standard InChI is InChI=1S/C12H18N2OS/c1-9(2)16-8-7-15-11-5-3-10(4-6-11)12(13)14/h3-6,9H,7-8H2,1-2H3,(H3,13,14). The zero-order valence-electron chi connectivity index (χ0n) is 9.69. The van der Waals surface area contributed by atoms with E-state index in [1.807, 2.05) is 23.9 Å². The summed E-state index contributed by atoms with van der Waals surface area (Å²) in [6.45, 7) is 5.06. The smallest absolute Gasteiger partial charge is 0.122 e. The average molecular weight is 238 g/mol. The van der Waals surface area contributed by atoms with Crippen molar-refractivity contribution in [3.63, 3.8) is 0 Å². The minimum absolute atomic E-state index is 0.0851. The third kappa shape index (κ3) is 4.57. The molecule has 0 saturated heterocycles. The molecular weight excluding hydrogens is 220 g/mol. The topological polar surface area (TPSA) is 59.1 Å². The quantitative estimate of drug-likeness (QED) is 0.455. The number of rotatable bonds is 6. The molecule has 0 aliphatic rings. The van der Waals surface area contributed by atoms with Crippen LogP contribution in [0.3, 0.4) is 0 Å². The fraction of sp³-hybridized carbons (Fsp3) is 0.417. The SMILES string of the molecule is CC(C)SCCOc1ccc(C(=N)N)cc1. The van der Waals surface area contributed by atoms with E-state index in [0.717, 1.165) is 17.1 Å². The van der Waals surface area contributed by atoms with Crippen molar-refractivity contribution in [1.82, 2.24) is 0 Å². The summed E-state index contributed by atoms with van der Waals surface area (Å²) in [7, 11) is 0. The van der Waals surface area contributed by atoms with Gasteiger partial charge in [0.25, 0.3) is 0 Å². The van der Waals surface area contributed by atoms with Gasteiger partial charge in [-0.2, -0.15) is 11.8 Å². The van der Waals surface area contributed by atoms with Crippen LogP contribution in [0.15, 0.2) is 24.3 Å². The van der Waals surface area contributed by atoms with E-state index >= 15 is 0 Å². The molecule has 1 aromatic carbocycles. The van der Waals surface area contributed by atoms with Gasteiger partial charge in [0.1, 0.15) is 11.6 Å². The average Bonchev–Trinajstić information content (AvgIpc) is 2.25. The number of thioether (sulfide) groups is 1. The first kappa shape index (κ1) is 12.9. The third-order valence-corrected chi connectivity index (χ3v) is 3.04. The molecule has 0 radical (unpaired) electrons. The Kier molecular flexibility index (Phi) is 5.19. The van der Waals surface area contributed by atoms with Crippen LogP contribution in [-0.4, -0.2) is 23.4 Å². The molecular formula is C12H18N2OS. The monoisotopic (exact) mass is 238 g/mol. The third-order valence-electron chi connectivity index (χ3n) is 1.97. The van der Waals surface area contributed by atoms with Crippen LogP contribution in [0.4, 0.5) is 0 Å². The molecule has 0 amide bonds. The summed E-state index contributed by atoms with van der Waals surface area (Å²) in [5, 5.41) is 7.90. The van der Waals surface area contributed by atoms with Gasteiger partial charge >= 0.3 is 0 Å². The maximum atomic E-state index is 7.25. The fourth-order valence-corrected chi connectivity index (χ4v) is 1.83. The molecule has 0 spiro atoms. The summed E-state index contributed by atoms with van der Waals surface area (Å²) in [4.78, 5) is 0. The Labute approximate surface area is 101 Å². The lowest BCUT2D eigenvalue weighted by Gasteiger charge is -2.08. The maximum Gasteiger partial charge on any atom is 0.122 e. The van der Waals surface area contributed by atoms with Crippen LogP contribution < -0.4 is 10.5 Å². The molecule has 3 nitrogen and oxygen atoms in total. The maximum absolute atomic E-state index is 7.25. The number of ether oxygens (including phenoxy) is 1. The van der Waals surface area contributed by atoms with Crippen molar-refractivity contribution in [2.24, 2.45) is 5.73 Å². The lowest BCUT2D eigenvalue weighted by molar-refractivity contribution is 0.344. The van der Waals surface area contributed by atoms with Crippen LogP contribution in [0.5, 0.6) is 5.75 Å². The van der Waals surface area contributed by atoms with Crippen molar-refractivity contribution < 1.29 is 4.74 Å². The Hall–Kier alpha value is -1.16. The second-order valence-corrected chi connectivity index (χ2v) is 5.39. The van der Waals surface area contributed by atoms with E-state index in [2.05, 4.69) is 13.8 Å². The highest BCUT2D eigenvalue weighted by Gasteiger charge is 1.98. The Morgan fingerprint density at radius 2 is 2.00 bits per heavy atom. The number of benzene rings is 1. The molecule has 3 N–H and O–H groups in total. The second kappa shape index (κ2) is 6.43. The number of hydrogen-bond donors (Lipinski definition) is 2. The molecule has 1 rings (SSSR count). The Morgan fingerprint density at radius 3 is 2.50 bits per heavy atom. The minimum Gasteiger partial charge on any atom is -0.493 e. The highest BCUT2D eigenvalue weighted by atomic mass is 32.2. The van der Waals surface area contributed by atoms with E-state index in [-0.39, 0.29) is 5.84 Å². The van der Waals surface area contributed by atoms with Gasteiger partial charge in [0, 0.05) is 11.3 Å². The Morgan fingerprint density at radius 1 is 1.38 bits per heavy atom. The zero-order chi connectivity index (χ0) is 12.0. The first-order valence-electron chi connectivity index (χ1n) is 5.28. The van der Waals surface area contributed by atoms with E-state index in [1.54, 1.807) is 12.1 Å². The van der Waals surface area contributed by atoms with Gasteiger partial charge in [-0.1, -0.05) is 13.8 Å². The van der Waals surface area contributed by atoms with Crippen molar-refractivity contribution >= 4 is 17.6 Å². The summed E-state index contributed by atoms with van der Waals surface area (Å²) >= 11 is 1.88. The molecule has 88 valence electrons. The molecule has 0 bridgehead atoms. The number of nitrogens with two attached hydrogens (primary N) is 1. The predicted octanol–water partition coefficient (Wildman–Crippen LogP) is 2.49. The highest BCUT2D eigenvalue weighted by molar-refractivity contribution is 7.99. The first-order chi connectivity index (χ1) is 7.59. The molecule has 0 atom stereocenters. The van der Waals surface area contributed by atoms with E-state index in [9.17, 15) is 0 Å². The normalized spacial score (nSPS) is 10.4. The predicted molar refractivity (Wildman–Crippen MR) is 70.5 cm³/mol. The van der Waals surface area contributed by atoms with E-state index in [1.165, 1.54) is 0 Å². The molecule has 4 heteroatoms. The summed E-state index contributed by atoms with van der Waals surface area (Å²) in [6.07, 6.45) is 0. The van der Waals surface area contributed by atoms with Gasteiger partial charge in [-0.05, 0) is 29.5 Å². The zero-order valence-corrected chi connectivity index (χ0v) is 10.5. The minimum atomic E-state index is 0.0851. The van der Waals surface area contributed by atoms with Crippen molar-refractivity contribution in [2.45, 2.75) is 19.1 Å². The molecule has 1 aromatic rings. The molecule has 0 aliphatic heterocycles. The van der Waals surface area contributed by atoms with Gasteiger partial charge in [-0.15, -0.1) is 0 Å². The lowest BCUT2D eigenvalue weighted by Crippen LogP contribution is -2.10. The van der Waals surface area contributed by atoms with Gasteiger partial charge in [0.2, 0.25) is 0 Å². The number of nitrogens with one attached hydrogen (secondary N) is 1. The van der Waals surface area contributed by atoms with Crippen molar-refractivity contribution in [2.75, 3.05) is 12.4 Å². The van der Waals surface area contributed by atoms with Gasteiger partial charge in [-0.25, -0.2) is 0 Å². The number of amidine groups is 1. The Bertz CT molecular complexity index is 335. The molecule has 0 fully saturated rings. The summed E-state index contributed by atoms with van der Waals surface area (Å²) in [5.41, 5.74) is 6.08. The molecule has 0 unspecified atom stereocenters. The molecule has 16 heavy (non-hydrogen) atoms. The van der Waals surface area contributed by atoms with E-state index in [4.69, 9.17) is 15.9 Å². The van der Waals surface area contributed by atoms with E-state index in [0.29, 0.717) is 11.9 Å². The first-order valence-corrected chi connectivity index (χ1v) is 6.33. The highest BCUT2D eigenvalue weighted by Crippen LogP contribution is 2.13. The number of hydrogen-bond acceptors (Lipinski definition) is 3. The van der Waals surface area contributed by atoms with Crippen molar-refractivity contribution in [3.8, 4) is 5.75 Å². The van der Waals surface area contributed by atoms with Crippen LogP contribution in [0.2, 0.25) is 0 Å². The van der Waals surface area contributed by atoms with Gasteiger partial charge in [0.05, 0.1) is 6.61 Å². The Balaban J connectivity index is 2.35. The van der Waals surface area contributed by atoms with Gasteiger partial charge in [-0.3, -0.25) is 5.41 Å². The largest absolute Gasteiger partial charge is 0.493 e. The summed E-state index contributed by atoms with van der Waals surface area (Å²) in [6, 6.07) is 7.29. The van der Waals surface area contributed by atoms with Crippen LogP contribution in [-0.2, 0) is 0 Å². The van der Waals surface area contributed by atoms with Crippen LogP contribution in [0, 0.1) is 5.41 Å². The summed E-state index contributed by atoms with van der Waals surface area (Å²) in [5.74, 6) is 1.91. The number of nitrogen functional groups attached to an aromatic ring is 1. The van der Waals surface area contributed by atoms with Crippen molar-refractivity contribution in [1.29, 1.82) is 5.41 Å². The fourth-order valence-electron chi connectivity index (χ4n) is 1.17. The molecule has 0 heterocycles. The second-order valence-electron chi connectivity index (χ2n) is 3.71. The van der Waals surface area contributed by atoms with Gasteiger partial charge < -0.3 is 10.5 Å².